The van der Waals surface area contributed by atoms with Crippen molar-refractivity contribution in [1.29, 1.82) is 0 Å². The molecule has 12 rings (SSSR count). The fourth-order valence-electron chi connectivity index (χ4n) is 8.35. The summed E-state index contributed by atoms with van der Waals surface area (Å²) in [5, 5.41) is 0. The average molecular weight is 986 g/mol. The molecular weight excluding hydrogens is 952 g/mol. The molecule has 14 nitrogen and oxygen atoms in total. The van der Waals surface area contributed by atoms with Crippen molar-refractivity contribution in [2.45, 2.75) is 9.79 Å². The van der Waals surface area contributed by atoms with Crippen LogP contribution in [0.5, 0.6) is 0 Å². The van der Waals surface area contributed by atoms with Crippen LogP contribution in [0, 0.1) is 0 Å². The zero-order valence-corrected chi connectivity index (χ0v) is 38.6. The molecular formula is C52H34MnN8O6S2. The van der Waals surface area contributed by atoms with Gasteiger partial charge in [0.2, 0.25) is 0 Å². The Bertz CT molecular complexity index is 3680. The Kier molecular flexibility index (Phi) is 11.6. The molecule has 4 aliphatic rings. The number of nitrogens with zero attached hydrogens (tertiary/aromatic N) is 4. The molecule has 6 aromatic heterocycles. The van der Waals surface area contributed by atoms with Crippen LogP contribution in [0.3, 0.4) is 0 Å². The summed E-state index contributed by atoms with van der Waals surface area (Å²) in [5.41, 5.74) is 13.6. The predicted molar refractivity (Wildman–Crippen MR) is 265 cm³/mol. The number of rotatable bonds is 4. The van der Waals surface area contributed by atoms with E-state index in [1.165, 1.54) is 24.3 Å². The maximum absolute atomic E-state index is 12.1. The van der Waals surface area contributed by atoms with E-state index in [4.69, 9.17) is 19.9 Å². The summed E-state index contributed by atoms with van der Waals surface area (Å²) in [6.07, 6.45) is 14.6. The SMILES string of the molecule is O=S(=O)([O-])c1ccccc1-c1c2nc(cc3ccc(cc4ccc(cc5nc1C=C5)[nH]4)[nH]3)C=C2.O=S(=O)([O-])c1ccccc1-c1c2nc(cc3ccc(cc4ccc(cc5nc1C=C5)[nH]4)[nH]3)C=C2.[Mn+2]. The Morgan fingerprint density at radius 1 is 0.333 bits per heavy atom. The number of nitrogens with one attached hydrogen (secondary N) is 4. The van der Waals surface area contributed by atoms with Gasteiger partial charge >= 0.3 is 17.1 Å². The molecule has 0 saturated carbocycles. The van der Waals surface area contributed by atoms with Gasteiger partial charge in [-0.15, -0.1) is 0 Å². The van der Waals surface area contributed by atoms with Crippen molar-refractivity contribution < 1.29 is 43.0 Å². The predicted octanol–water partition coefficient (Wildman–Crippen LogP) is 10.5. The molecule has 0 amide bonds. The fraction of sp³-hybridized carbons (Fsp3) is 0. The van der Waals surface area contributed by atoms with Gasteiger partial charge in [0.1, 0.15) is 20.2 Å². The Morgan fingerprint density at radius 3 is 0.841 bits per heavy atom. The number of aromatic amines is 4. The minimum absolute atomic E-state index is 0. The fourth-order valence-corrected chi connectivity index (χ4v) is 9.72. The third-order valence-electron chi connectivity index (χ3n) is 11.3. The summed E-state index contributed by atoms with van der Waals surface area (Å²) in [6.45, 7) is 0. The van der Waals surface area contributed by atoms with Gasteiger partial charge in [-0.05, 0) is 146 Å². The van der Waals surface area contributed by atoms with Crippen molar-refractivity contribution in [3.05, 3.63) is 179 Å². The van der Waals surface area contributed by atoms with E-state index >= 15 is 0 Å². The molecule has 0 saturated heterocycles. The zero-order chi connectivity index (χ0) is 46.6. The summed E-state index contributed by atoms with van der Waals surface area (Å²) < 4.78 is 72.3. The summed E-state index contributed by atoms with van der Waals surface area (Å²) in [7, 11) is -9.43. The summed E-state index contributed by atoms with van der Waals surface area (Å²) in [4.78, 5) is 31.7. The smallest absolute Gasteiger partial charge is 0.744 e. The molecule has 4 aliphatic heterocycles. The van der Waals surface area contributed by atoms with E-state index in [0.29, 0.717) is 56.7 Å². The molecule has 2 aromatic carbocycles. The third-order valence-corrected chi connectivity index (χ3v) is 13.1. The number of benzene rings is 2. The number of H-pyrrole nitrogens is 4. The standard InChI is InChI=1S/2C26H18N4O3S.Mn/c2*31-34(32,33)25-4-2-1-3-22(25)26-23-11-9-20(29-23)14-18-7-5-16(27-18)13-17-6-8-19(28-17)15-21-10-12-24(26)30-21;/h2*1-15,27-28H,(H,31,32,33);/q;;+2/p-2. The van der Waals surface area contributed by atoms with Gasteiger partial charge in [0.05, 0.1) is 55.3 Å². The molecule has 0 atom stereocenters. The van der Waals surface area contributed by atoms with E-state index in [2.05, 4.69) is 19.9 Å². The van der Waals surface area contributed by atoms with E-state index in [0.717, 1.165) is 44.1 Å². The van der Waals surface area contributed by atoms with E-state index in [1.807, 2.05) is 109 Å². The molecule has 0 aliphatic carbocycles. The number of hydrogen-bond acceptors (Lipinski definition) is 10. The Hall–Kier alpha value is -8.02. The average Bonchev–Trinajstić information content (AvgIpc) is 4.16. The number of aromatic nitrogens is 8. The maximum atomic E-state index is 12.1. The monoisotopic (exact) mass is 985 g/mol. The van der Waals surface area contributed by atoms with Crippen LogP contribution >= 0.6 is 0 Å². The molecule has 0 unspecified atom stereocenters. The quantitative estimate of drug-likeness (QED) is 0.0963. The van der Waals surface area contributed by atoms with Gasteiger partial charge in [-0.1, -0.05) is 36.4 Å². The first kappa shape index (κ1) is 44.8. The van der Waals surface area contributed by atoms with E-state index < -0.39 is 20.2 Å². The van der Waals surface area contributed by atoms with Crippen LogP contribution < -0.4 is 0 Å². The molecule has 0 fully saturated rings. The maximum Gasteiger partial charge on any atom is 2.00 e. The van der Waals surface area contributed by atoms with Crippen LogP contribution in [0.4, 0.5) is 0 Å². The summed E-state index contributed by atoms with van der Waals surface area (Å²) in [5.74, 6) is 0. The molecule has 337 valence electrons. The van der Waals surface area contributed by atoms with Crippen molar-refractivity contribution >= 4 is 113 Å². The Morgan fingerprint density at radius 2 is 0.580 bits per heavy atom. The van der Waals surface area contributed by atoms with Crippen molar-refractivity contribution in [2.24, 2.45) is 0 Å². The third kappa shape index (κ3) is 9.46. The van der Waals surface area contributed by atoms with Gasteiger partial charge in [-0.2, -0.15) is 0 Å². The van der Waals surface area contributed by atoms with E-state index in [9.17, 15) is 25.9 Å². The first-order valence-corrected chi connectivity index (χ1v) is 23.9. The largest absolute Gasteiger partial charge is 2.00 e. The molecule has 69 heavy (non-hydrogen) atoms. The van der Waals surface area contributed by atoms with Crippen molar-refractivity contribution in [1.82, 2.24) is 39.9 Å². The Balaban J connectivity index is 0.000000158. The van der Waals surface area contributed by atoms with Gasteiger partial charge in [0, 0.05) is 66.4 Å². The second-order valence-corrected chi connectivity index (χ2v) is 18.7. The topological polar surface area (TPSA) is 229 Å². The minimum Gasteiger partial charge on any atom is -0.744 e. The second-order valence-electron chi connectivity index (χ2n) is 16.0. The molecule has 8 aromatic rings. The van der Waals surface area contributed by atoms with Crippen LogP contribution in [0.2, 0.25) is 0 Å². The van der Waals surface area contributed by atoms with E-state index in [-0.39, 0.29) is 38.0 Å². The normalized spacial score (nSPS) is 12.7. The molecule has 16 bridgehead atoms. The minimum atomic E-state index is -4.72. The number of hydrogen-bond donors (Lipinski definition) is 4. The first-order valence-electron chi connectivity index (χ1n) is 21.1. The van der Waals surface area contributed by atoms with E-state index in [1.54, 1.807) is 48.6 Å². The summed E-state index contributed by atoms with van der Waals surface area (Å²) in [6, 6.07) is 39.7. The van der Waals surface area contributed by atoms with Crippen molar-refractivity contribution in [3.63, 3.8) is 0 Å². The molecule has 1 radical (unpaired) electrons. The van der Waals surface area contributed by atoms with Gasteiger partial charge in [0.15, 0.2) is 0 Å². The number of fused-ring (bicyclic) bond motifs is 16. The van der Waals surface area contributed by atoms with Crippen molar-refractivity contribution in [3.8, 4) is 22.3 Å². The van der Waals surface area contributed by atoms with Crippen LogP contribution in [-0.2, 0) is 37.3 Å². The molecule has 10 heterocycles. The van der Waals surface area contributed by atoms with Gasteiger partial charge < -0.3 is 29.0 Å². The van der Waals surface area contributed by atoms with Crippen LogP contribution in [0.25, 0.3) is 115 Å². The second kappa shape index (κ2) is 17.9. The summed E-state index contributed by atoms with van der Waals surface area (Å²) >= 11 is 0. The molecule has 4 N–H and O–H groups in total. The van der Waals surface area contributed by atoms with Crippen LogP contribution in [-0.4, -0.2) is 65.8 Å². The zero-order valence-electron chi connectivity index (χ0n) is 35.8. The van der Waals surface area contributed by atoms with Gasteiger partial charge in [0.25, 0.3) is 0 Å². The molecule has 17 heteroatoms. The first-order chi connectivity index (χ1) is 32.8. The van der Waals surface area contributed by atoms with Crippen molar-refractivity contribution in [2.75, 3.05) is 0 Å². The van der Waals surface area contributed by atoms with Crippen LogP contribution in [0.15, 0.2) is 143 Å². The van der Waals surface area contributed by atoms with Gasteiger partial charge in [-0.25, -0.2) is 36.8 Å². The van der Waals surface area contributed by atoms with Crippen LogP contribution in [0.1, 0.15) is 45.6 Å². The van der Waals surface area contributed by atoms with Gasteiger partial charge in [-0.3, -0.25) is 0 Å². The molecule has 0 spiro atoms. The Labute approximate surface area is 404 Å².